The summed E-state index contributed by atoms with van der Waals surface area (Å²) in [5, 5.41) is 19.5. The molecule has 3 rings (SSSR count). The topological polar surface area (TPSA) is 76.0 Å². The van der Waals surface area contributed by atoms with Crippen LogP contribution in [-0.4, -0.2) is 35.3 Å². The molecule has 1 aliphatic heterocycles. The van der Waals surface area contributed by atoms with E-state index in [4.69, 9.17) is 9.47 Å². The number of aliphatic hydroxyl groups is 1. The molecule has 3 unspecified atom stereocenters. The summed E-state index contributed by atoms with van der Waals surface area (Å²) in [5.74, 6) is 0.160. The summed E-state index contributed by atoms with van der Waals surface area (Å²) in [6.07, 6.45) is 2.56. The van der Waals surface area contributed by atoms with Crippen LogP contribution in [0.3, 0.4) is 0 Å². The van der Waals surface area contributed by atoms with Crippen LogP contribution in [0.15, 0.2) is 24.5 Å². The fourth-order valence-electron chi connectivity index (χ4n) is 3.04. The number of hydrogen-bond donors (Lipinski definition) is 2. The average molecular weight is 290 g/mol. The van der Waals surface area contributed by atoms with E-state index >= 15 is 0 Å². The first kappa shape index (κ1) is 13.9. The van der Waals surface area contributed by atoms with Gasteiger partial charge in [-0.1, -0.05) is 6.07 Å². The second-order valence-corrected chi connectivity index (χ2v) is 5.53. The number of carbonyl (C=O) groups is 1. The van der Waals surface area contributed by atoms with Crippen molar-refractivity contribution in [3.8, 4) is 11.5 Å². The lowest BCUT2D eigenvalue weighted by molar-refractivity contribution is -0.126. The second-order valence-electron chi connectivity index (χ2n) is 5.53. The lowest BCUT2D eigenvalue weighted by Gasteiger charge is -2.36. The number of carbonyl (C=O) groups excluding carboxylic acids is 1. The van der Waals surface area contributed by atoms with Crippen molar-refractivity contribution in [2.75, 3.05) is 7.11 Å². The van der Waals surface area contributed by atoms with Crippen LogP contribution >= 0.6 is 0 Å². The van der Waals surface area contributed by atoms with E-state index in [0.29, 0.717) is 36.1 Å². The molecule has 5 heteroatoms. The van der Waals surface area contributed by atoms with Crippen molar-refractivity contribution in [3.05, 3.63) is 30.0 Å². The Labute approximate surface area is 122 Å². The van der Waals surface area contributed by atoms with Crippen LogP contribution in [0.5, 0.6) is 11.5 Å². The first-order valence-electron chi connectivity index (χ1n) is 7.05. The molecule has 3 atom stereocenters. The van der Waals surface area contributed by atoms with Crippen molar-refractivity contribution in [1.82, 2.24) is 0 Å². The molecule has 1 aromatic carbocycles. The summed E-state index contributed by atoms with van der Waals surface area (Å²) >= 11 is 0. The summed E-state index contributed by atoms with van der Waals surface area (Å²) in [6.45, 7) is 0. The molecule has 112 valence electrons. The Balaban J connectivity index is 1.89. The van der Waals surface area contributed by atoms with Gasteiger partial charge in [0.15, 0.2) is 17.3 Å². The maximum atomic E-state index is 12.6. The van der Waals surface area contributed by atoms with Crippen LogP contribution in [0.25, 0.3) is 5.57 Å². The molecule has 0 aromatic heterocycles. The molecular weight excluding hydrogens is 272 g/mol. The lowest BCUT2D eigenvalue weighted by Crippen LogP contribution is -2.40. The number of methoxy groups -OCH3 is 1. The molecule has 0 radical (unpaired) electrons. The normalized spacial score (nSPS) is 28.4. The van der Waals surface area contributed by atoms with E-state index in [1.165, 1.54) is 19.4 Å². The summed E-state index contributed by atoms with van der Waals surface area (Å²) in [7, 11) is 1.47. The number of aliphatic hydroxyl groups excluding tert-OH is 1. The Morgan fingerprint density at radius 2 is 2.14 bits per heavy atom. The van der Waals surface area contributed by atoms with Gasteiger partial charge in [-0.05, 0) is 30.5 Å². The molecule has 0 spiro atoms. The number of hydrogen-bond acceptors (Lipinski definition) is 5. The van der Waals surface area contributed by atoms with Gasteiger partial charge >= 0.3 is 0 Å². The quantitative estimate of drug-likeness (QED) is 0.869. The van der Waals surface area contributed by atoms with Gasteiger partial charge in [-0.2, -0.15) is 0 Å². The first-order valence-corrected chi connectivity index (χ1v) is 7.05. The Kier molecular flexibility index (Phi) is 3.59. The van der Waals surface area contributed by atoms with Gasteiger partial charge in [0, 0.05) is 6.42 Å². The Morgan fingerprint density at radius 3 is 2.86 bits per heavy atom. The largest absolute Gasteiger partial charge is 0.504 e. The smallest absolute Gasteiger partial charge is 0.173 e. The zero-order valence-corrected chi connectivity index (χ0v) is 11.8. The third-order valence-corrected chi connectivity index (χ3v) is 4.22. The number of phenolic OH excluding ortho intramolecular Hbond substituents is 1. The van der Waals surface area contributed by atoms with Crippen LogP contribution in [0.4, 0.5) is 0 Å². The standard InChI is InChI=1S/C16H18O5/c1-20-14-5-2-9(6-13(14)18)12-8-21-15-7-10(17)3-4-11(15)16(12)19/h2,5-6,8,10-11,15,17-18H,3-4,7H2,1H3. The van der Waals surface area contributed by atoms with Crippen LogP contribution in [0.1, 0.15) is 24.8 Å². The number of benzene rings is 1. The van der Waals surface area contributed by atoms with Crippen molar-refractivity contribution >= 4 is 11.4 Å². The van der Waals surface area contributed by atoms with Crippen molar-refractivity contribution in [2.24, 2.45) is 5.92 Å². The summed E-state index contributed by atoms with van der Waals surface area (Å²) in [5.41, 5.74) is 1.08. The maximum absolute atomic E-state index is 12.6. The van der Waals surface area contributed by atoms with Crippen LogP contribution in [-0.2, 0) is 9.53 Å². The SMILES string of the molecule is COc1ccc(C2=COC3CC(O)CCC3C2=O)cc1O. The highest BCUT2D eigenvalue weighted by atomic mass is 16.5. The van der Waals surface area contributed by atoms with E-state index in [2.05, 4.69) is 0 Å². The van der Waals surface area contributed by atoms with Gasteiger partial charge in [0.2, 0.25) is 0 Å². The highest BCUT2D eigenvalue weighted by Crippen LogP contribution is 2.38. The third kappa shape index (κ3) is 2.49. The molecule has 0 bridgehead atoms. The van der Waals surface area contributed by atoms with Crippen LogP contribution in [0.2, 0.25) is 0 Å². The zero-order valence-electron chi connectivity index (χ0n) is 11.8. The molecule has 21 heavy (non-hydrogen) atoms. The van der Waals surface area contributed by atoms with E-state index in [9.17, 15) is 15.0 Å². The number of allylic oxidation sites excluding steroid dienone is 1. The van der Waals surface area contributed by atoms with Gasteiger partial charge in [0.1, 0.15) is 6.10 Å². The van der Waals surface area contributed by atoms with Gasteiger partial charge in [0.05, 0.1) is 31.0 Å². The number of rotatable bonds is 2. The van der Waals surface area contributed by atoms with Crippen LogP contribution < -0.4 is 4.74 Å². The van der Waals surface area contributed by atoms with Gasteiger partial charge in [-0.3, -0.25) is 4.79 Å². The summed E-state index contributed by atoms with van der Waals surface area (Å²) < 4.78 is 10.6. The Morgan fingerprint density at radius 1 is 1.33 bits per heavy atom. The molecule has 1 fully saturated rings. The van der Waals surface area contributed by atoms with Crippen molar-refractivity contribution < 1.29 is 24.5 Å². The third-order valence-electron chi connectivity index (χ3n) is 4.22. The molecule has 1 aromatic rings. The average Bonchev–Trinajstić information content (AvgIpc) is 2.47. The van der Waals surface area contributed by atoms with Crippen molar-refractivity contribution in [1.29, 1.82) is 0 Å². The minimum atomic E-state index is -0.390. The molecule has 0 amide bonds. The highest BCUT2D eigenvalue weighted by Gasteiger charge is 2.39. The fourth-order valence-corrected chi connectivity index (χ4v) is 3.04. The fraction of sp³-hybridized carbons (Fsp3) is 0.438. The Bertz CT molecular complexity index is 592. The highest BCUT2D eigenvalue weighted by molar-refractivity contribution is 6.22. The molecular formula is C16H18O5. The number of aromatic hydroxyl groups is 1. The van der Waals surface area contributed by atoms with Crippen molar-refractivity contribution in [3.63, 3.8) is 0 Å². The Hall–Kier alpha value is -2.01. The number of phenols is 1. The van der Waals surface area contributed by atoms with E-state index < -0.39 is 0 Å². The number of fused-ring (bicyclic) bond motifs is 1. The summed E-state index contributed by atoms with van der Waals surface area (Å²) in [4.78, 5) is 12.6. The van der Waals surface area contributed by atoms with Gasteiger partial charge in [0.25, 0.3) is 0 Å². The minimum absolute atomic E-state index is 0.00936. The lowest BCUT2D eigenvalue weighted by atomic mass is 9.78. The number of Topliss-reactive ketones (excluding diaryl/α,β-unsaturated/α-hetero) is 1. The second kappa shape index (κ2) is 5.41. The zero-order chi connectivity index (χ0) is 15.0. The number of ether oxygens (including phenoxy) is 2. The molecule has 2 N–H and O–H groups in total. The predicted octanol–water partition coefficient (Wildman–Crippen LogP) is 1.87. The monoisotopic (exact) mass is 290 g/mol. The van der Waals surface area contributed by atoms with Crippen LogP contribution in [0, 0.1) is 5.92 Å². The van der Waals surface area contributed by atoms with Gasteiger partial charge in [-0.25, -0.2) is 0 Å². The first-order chi connectivity index (χ1) is 10.1. The van der Waals surface area contributed by atoms with Crippen molar-refractivity contribution in [2.45, 2.75) is 31.5 Å². The molecule has 2 aliphatic rings. The molecule has 1 aliphatic carbocycles. The summed E-state index contributed by atoms with van der Waals surface area (Å²) in [6, 6.07) is 4.85. The molecule has 5 nitrogen and oxygen atoms in total. The molecule has 1 saturated carbocycles. The van der Waals surface area contributed by atoms with E-state index in [1.807, 2.05) is 0 Å². The van der Waals surface area contributed by atoms with E-state index in [-0.39, 0.29) is 29.7 Å². The van der Waals surface area contributed by atoms with E-state index in [0.717, 1.165) is 0 Å². The molecule has 0 saturated heterocycles. The van der Waals surface area contributed by atoms with Gasteiger partial charge < -0.3 is 19.7 Å². The maximum Gasteiger partial charge on any atom is 0.173 e. The van der Waals surface area contributed by atoms with E-state index in [1.54, 1.807) is 12.1 Å². The predicted molar refractivity (Wildman–Crippen MR) is 75.9 cm³/mol. The molecule has 1 heterocycles. The van der Waals surface area contributed by atoms with Gasteiger partial charge in [-0.15, -0.1) is 0 Å². The number of ketones is 1. The minimum Gasteiger partial charge on any atom is -0.504 e.